The second-order valence-corrected chi connectivity index (χ2v) is 5.29. The van der Waals surface area contributed by atoms with Crippen LogP contribution in [-0.4, -0.2) is 32.0 Å². The van der Waals surface area contributed by atoms with Gasteiger partial charge in [0.05, 0.1) is 13.2 Å². The third kappa shape index (κ3) is 1.98. The fourth-order valence-electron chi connectivity index (χ4n) is 2.76. The highest BCUT2D eigenvalue weighted by molar-refractivity contribution is 5.02. The highest BCUT2D eigenvalue weighted by atomic mass is 16.3. The standard InChI is InChI=1S/C12H20N4O/c17-9-12(5-3-6-12)13-8-11-15-14-10-4-1-2-7-16(10)11/h13,17H,1-9H2. The van der Waals surface area contributed by atoms with Crippen molar-refractivity contribution >= 4 is 0 Å². The van der Waals surface area contributed by atoms with Gasteiger partial charge < -0.3 is 15.0 Å². The molecule has 2 N–H and O–H groups in total. The minimum Gasteiger partial charge on any atom is -0.394 e. The summed E-state index contributed by atoms with van der Waals surface area (Å²) in [7, 11) is 0. The van der Waals surface area contributed by atoms with E-state index < -0.39 is 0 Å². The van der Waals surface area contributed by atoms with Crippen LogP contribution in [0.4, 0.5) is 0 Å². The van der Waals surface area contributed by atoms with Crippen molar-refractivity contribution < 1.29 is 5.11 Å². The van der Waals surface area contributed by atoms with E-state index in [4.69, 9.17) is 0 Å². The van der Waals surface area contributed by atoms with Gasteiger partial charge in [0.15, 0.2) is 0 Å². The summed E-state index contributed by atoms with van der Waals surface area (Å²) >= 11 is 0. The van der Waals surface area contributed by atoms with Crippen molar-refractivity contribution in [2.45, 2.75) is 57.2 Å². The average molecular weight is 236 g/mol. The van der Waals surface area contributed by atoms with Crippen molar-refractivity contribution in [3.05, 3.63) is 11.6 Å². The summed E-state index contributed by atoms with van der Waals surface area (Å²) in [6.07, 6.45) is 6.87. The molecule has 0 saturated heterocycles. The predicted molar refractivity (Wildman–Crippen MR) is 63.5 cm³/mol. The van der Waals surface area contributed by atoms with Gasteiger partial charge in [-0.05, 0) is 32.1 Å². The lowest BCUT2D eigenvalue weighted by Gasteiger charge is -2.41. The number of aliphatic hydroxyl groups excluding tert-OH is 1. The van der Waals surface area contributed by atoms with Crippen molar-refractivity contribution in [3.8, 4) is 0 Å². The fourth-order valence-corrected chi connectivity index (χ4v) is 2.76. The van der Waals surface area contributed by atoms with Crippen molar-refractivity contribution in [1.29, 1.82) is 0 Å². The van der Waals surface area contributed by atoms with E-state index in [0.717, 1.165) is 44.0 Å². The lowest BCUT2D eigenvalue weighted by molar-refractivity contribution is 0.0861. The molecule has 1 aromatic heterocycles. The number of fused-ring (bicyclic) bond motifs is 1. The first-order valence-corrected chi connectivity index (χ1v) is 6.60. The van der Waals surface area contributed by atoms with Crippen molar-refractivity contribution in [1.82, 2.24) is 20.1 Å². The fraction of sp³-hybridized carbons (Fsp3) is 0.833. The molecule has 17 heavy (non-hydrogen) atoms. The third-order valence-electron chi connectivity index (χ3n) is 4.17. The molecule has 1 aliphatic heterocycles. The van der Waals surface area contributed by atoms with Gasteiger partial charge in [0.2, 0.25) is 0 Å². The highest BCUT2D eigenvalue weighted by Gasteiger charge is 2.36. The lowest BCUT2D eigenvalue weighted by atomic mass is 9.77. The van der Waals surface area contributed by atoms with E-state index in [1.165, 1.54) is 19.3 Å². The molecular weight excluding hydrogens is 216 g/mol. The van der Waals surface area contributed by atoms with Gasteiger partial charge in [0, 0.05) is 18.5 Å². The zero-order chi connectivity index (χ0) is 11.7. The molecule has 1 aliphatic carbocycles. The number of aliphatic hydroxyl groups is 1. The first-order valence-electron chi connectivity index (χ1n) is 6.60. The van der Waals surface area contributed by atoms with Crippen LogP contribution in [0, 0.1) is 0 Å². The number of nitrogens with one attached hydrogen (secondary N) is 1. The van der Waals surface area contributed by atoms with Crippen LogP contribution in [0.3, 0.4) is 0 Å². The Morgan fingerprint density at radius 3 is 2.82 bits per heavy atom. The molecule has 0 amide bonds. The van der Waals surface area contributed by atoms with Crippen LogP contribution in [-0.2, 0) is 19.5 Å². The van der Waals surface area contributed by atoms with Crippen molar-refractivity contribution in [2.24, 2.45) is 0 Å². The first kappa shape index (κ1) is 11.2. The molecule has 0 atom stereocenters. The molecule has 5 nitrogen and oxygen atoms in total. The van der Waals surface area contributed by atoms with Crippen LogP contribution in [0.1, 0.15) is 43.8 Å². The zero-order valence-electron chi connectivity index (χ0n) is 10.2. The summed E-state index contributed by atoms with van der Waals surface area (Å²) in [5.74, 6) is 2.15. The normalized spacial score (nSPS) is 21.9. The maximum absolute atomic E-state index is 9.40. The Kier molecular flexibility index (Phi) is 2.88. The molecule has 2 aliphatic rings. The van der Waals surface area contributed by atoms with Gasteiger partial charge in [0.1, 0.15) is 11.6 Å². The van der Waals surface area contributed by atoms with E-state index in [2.05, 4.69) is 20.1 Å². The largest absolute Gasteiger partial charge is 0.394 e. The second kappa shape index (κ2) is 4.38. The highest BCUT2D eigenvalue weighted by Crippen LogP contribution is 2.31. The van der Waals surface area contributed by atoms with Crippen LogP contribution in [0.2, 0.25) is 0 Å². The Hall–Kier alpha value is -0.940. The number of hydrogen-bond donors (Lipinski definition) is 2. The van der Waals surface area contributed by atoms with E-state index >= 15 is 0 Å². The number of aromatic nitrogens is 3. The third-order valence-corrected chi connectivity index (χ3v) is 4.17. The minimum absolute atomic E-state index is 0.0406. The molecular formula is C12H20N4O. The van der Waals surface area contributed by atoms with E-state index in [9.17, 15) is 5.11 Å². The van der Waals surface area contributed by atoms with Gasteiger partial charge in [-0.2, -0.15) is 0 Å². The SMILES string of the molecule is OCC1(NCc2nnc3n2CCCC3)CCC1. The predicted octanol–water partition coefficient (Wildman–Crippen LogP) is 0.619. The smallest absolute Gasteiger partial charge is 0.147 e. The number of aryl methyl sites for hydroxylation is 1. The summed E-state index contributed by atoms with van der Waals surface area (Å²) in [4.78, 5) is 0. The molecule has 1 aromatic rings. The van der Waals surface area contributed by atoms with E-state index in [1.54, 1.807) is 0 Å². The minimum atomic E-state index is -0.0406. The van der Waals surface area contributed by atoms with Crippen LogP contribution >= 0.6 is 0 Å². The Morgan fingerprint density at radius 2 is 2.12 bits per heavy atom. The van der Waals surface area contributed by atoms with E-state index in [0.29, 0.717) is 0 Å². The molecule has 1 saturated carbocycles. The van der Waals surface area contributed by atoms with Crippen molar-refractivity contribution in [3.63, 3.8) is 0 Å². The molecule has 0 spiro atoms. The second-order valence-electron chi connectivity index (χ2n) is 5.29. The average Bonchev–Trinajstić information content (AvgIpc) is 2.72. The van der Waals surface area contributed by atoms with Crippen LogP contribution in [0.5, 0.6) is 0 Å². The summed E-state index contributed by atoms with van der Waals surface area (Å²) in [5, 5.41) is 21.4. The molecule has 0 aromatic carbocycles. The molecule has 94 valence electrons. The summed E-state index contributed by atoms with van der Waals surface area (Å²) in [6.45, 7) is 2.01. The molecule has 2 heterocycles. The number of rotatable bonds is 4. The maximum atomic E-state index is 9.40. The first-order chi connectivity index (χ1) is 8.33. The summed E-state index contributed by atoms with van der Waals surface area (Å²) < 4.78 is 2.24. The zero-order valence-corrected chi connectivity index (χ0v) is 10.2. The summed E-state index contributed by atoms with van der Waals surface area (Å²) in [5.41, 5.74) is -0.0406. The van der Waals surface area contributed by atoms with Gasteiger partial charge >= 0.3 is 0 Å². The Morgan fingerprint density at radius 1 is 1.24 bits per heavy atom. The quantitative estimate of drug-likeness (QED) is 0.804. The van der Waals surface area contributed by atoms with Crippen LogP contribution in [0.25, 0.3) is 0 Å². The maximum Gasteiger partial charge on any atom is 0.147 e. The van der Waals surface area contributed by atoms with Gasteiger partial charge in [-0.3, -0.25) is 0 Å². The molecule has 1 fully saturated rings. The Bertz CT molecular complexity index is 392. The molecule has 0 radical (unpaired) electrons. The van der Waals surface area contributed by atoms with Gasteiger partial charge in [-0.15, -0.1) is 10.2 Å². The lowest BCUT2D eigenvalue weighted by Crippen LogP contribution is -2.53. The van der Waals surface area contributed by atoms with Gasteiger partial charge in [-0.1, -0.05) is 0 Å². The summed E-state index contributed by atoms with van der Waals surface area (Å²) in [6, 6.07) is 0. The Labute approximate surface area is 101 Å². The van der Waals surface area contributed by atoms with E-state index in [-0.39, 0.29) is 12.1 Å². The Balaban J connectivity index is 1.67. The molecule has 3 rings (SSSR count). The van der Waals surface area contributed by atoms with Crippen LogP contribution in [0.15, 0.2) is 0 Å². The van der Waals surface area contributed by atoms with Crippen LogP contribution < -0.4 is 5.32 Å². The number of nitrogens with zero attached hydrogens (tertiary/aromatic N) is 3. The molecule has 5 heteroatoms. The molecule has 0 unspecified atom stereocenters. The van der Waals surface area contributed by atoms with Gasteiger partial charge in [0.25, 0.3) is 0 Å². The number of hydrogen-bond acceptors (Lipinski definition) is 4. The van der Waals surface area contributed by atoms with E-state index in [1.807, 2.05) is 0 Å². The van der Waals surface area contributed by atoms with Gasteiger partial charge in [-0.25, -0.2) is 0 Å². The molecule has 0 bridgehead atoms. The monoisotopic (exact) mass is 236 g/mol. The topological polar surface area (TPSA) is 63.0 Å². The van der Waals surface area contributed by atoms with Crippen molar-refractivity contribution in [2.75, 3.05) is 6.61 Å².